The lowest BCUT2D eigenvalue weighted by Crippen LogP contribution is -2.04. The average molecular weight is 235 g/mol. The zero-order valence-electron chi connectivity index (χ0n) is 10.2. The lowest BCUT2D eigenvalue weighted by molar-refractivity contribution is 0.0696. The quantitative estimate of drug-likeness (QED) is 0.770. The van der Waals surface area contributed by atoms with Crippen molar-refractivity contribution in [2.24, 2.45) is 0 Å². The summed E-state index contributed by atoms with van der Waals surface area (Å²) in [4.78, 5) is 15.1. The molecule has 0 unspecified atom stereocenters. The van der Waals surface area contributed by atoms with E-state index in [4.69, 9.17) is 9.84 Å². The van der Waals surface area contributed by atoms with Crippen LogP contribution in [0.25, 0.3) is 0 Å². The van der Waals surface area contributed by atoms with E-state index in [1.165, 1.54) is 6.07 Å². The van der Waals surface area contributed by atoms with Crippen LogP contribution in [0.2, 0.25) is 0 Å². The average Bonchev–Trinajstić information content (AvgIpc) is 2.28. The van der Waals surface area contributed by atoms with Crippen molar-refractivity contribution in [3.63, 3.8) is 0 Å². The number of ether oxygens (including phenoxy) is 1. The van der Waals surface area contributed by atoms with E-state index < -0.39 is 5.97 Å². The van der Waals surface area contributed by atoms with Crippen LogP contribution < -0.4 is 4.74 Å². The second-order valence-electron chi connectivity index (χ2n) is 3.90. The summed E-state index contributed by atoms with van der Waals surface area (Å²) in [6, 6.07) is 3.01. The highest BCUT2D eigenvalue weighted by molar-refractivity contribution is 5.88. The number of aryl methyl sites for hydroxylation is 1. The van der Waals surface area contributed by atoms with E-state index in [1.54, 1.807) is 6.07 Å². The minimum absolute atomic E-state index is 0.210. The molecule has 0 saturated heterocycles. The molecule has 92 valence electrons. The highest BCUT2D eigenvalue weighted by Crippen LogP contribution is 2.14. The maximum Gasteiger partial charge on any atom is 0.335 e. The molecule has 17 heavy (non-hydrogen) atoms. The largest absolute Gasteiger partial charge is 0.478 e. The van der Waals surface area contributed by atoms with Crippen LogP contribution >= 0.6 is 0 Å². The molecule has 0 saturated carbocycles. The number of carboxylic acids is 1. The fraction of sp³-hybridized carbons (Fsp3) is 0.385. The summed E-state index contributed by atoms with van der Waals surface area (Å²) in [7, 11) is 0. The van der Waals surface area contributed by atoms with Crippen molar-refractivity contribution in [3.8, 4) is 5.88 Å². The van der Waals surface area contributed by atoms with Gasteiger partial charge in [0, 0.05) is 18.2 Å². The van der Waals surface area contributed by atoms with E-state index in [0.29, 0.717) is 18.9 Å². The fourth-order valence-corrected chi connectivity index (χ4v) is 1.27. The molecule has 4 heteroatoms. The van der Waals surface area contributed by atoms with Crippen molar-refractivity contribution in [1.29, 1.82) is 0 Å². The molecule has 0 amide bonds. The van der Waals surface area contributed by atoms with Gasteiger partial charge in [-0.3, -0.25) is 0 Å². The molecule has 0 aliphatic rings. The zero-order valence-corrected chi connectivity index (χ0v) is 10.2. The number of rotatable bonds is 6. The van der Waals surface area contributed by atoms with Crippen LogP contribution in [0.3, 0.4) is 0 Å². The van der Waals surface area contributed by atoms with Gasteiger partial charge in [-0.05, 0) is 19.4 Å². The highest BCUT2D eigenvalue weighted by atomic mass is 16.5. The number of aromatic carboxylic acids is 1. The molecule has 4 nitrogen and oxygen atoms in total. The van der Waals surface area contributed by atoms with Crippen molar-refractivity contribution in [1.82, 2.24) is 4.98 Å². The zero-order chi connectivity index (χ0) is 12.8. The molecule has 1 N–H and O–H groups in total. The molecule has 0 aromatic carbocycles. The Hall–Kier alpha value is -1.84. The van der Waals surface area contributed by atoms with Gasteiger partial charge < -0.3 is 9.84 Å². The Morgan fingerprint density at radius 2 is 2.24 bits per heavy atom. The summed E-state index contributed by atoms with van der Waals surface area (Å²) < 4.78 is 5.41. The lowest BCUT2D eigenvalue weighted by Gasteiger charge is -2.07. The Morgan fingerprint density at radius 1 is 1.53 bits per heavy atom. The number of carboxylic acid groups (broad SMARTS) is 1. The Kier molecular flexibility index (Phi) is 4.69. The number of hydrogen-bond acceptors (Lipinski definition) is 3. The van der Waals surface area contributed by atoms with Gasteiger partial charge in [0.2, 0.25) is 5.88 Å². The fourth-order valence-electron chi connectivity index (χ4n) is 1.27. The summed E-state index contributed by atoms with van der Waals surface area (Å²) >= 11 is 0. The highest BCUT2D eigenvalue weighted by Gasteiger charge is 2.08. The second-order valence-corrected chi connectivity index (χ2v) is 3.90. The third kappa shape index (κ3) is 4.26. The van der Waals surface area contributed by atoms with Crippen LogP contribution in [0.5, 0.6) is 5.88 Å². The van der Waals surface area contributed by atoms with Crippen LogP contribution in [0.4, 0.5) is 0 Å². The van der Waals surface area contributed by atoms with Gasteiger partial charge >= 0.3 is 5.97 Å². The third-order valence-corrected chi connectivity index (χ3v) is 2.24. The van der Waals surface area contributed by atoms with E-state index in [-0.39, 0.29) is 5.56 Å². The number of carbonyl (C=O) groups is 1. The second kappa shape index (κ2) is 6.03. The Bertz CT molecular complexity index is 427. The van der Waals surface area contributed by atoms with Crippen LogP contribution in [0.15, 0.2) is 24.3 Å². The van der Waals surface area contributed by atoms with Gasteiger partial charge in [-0.15, -0.1) is 6.58 Å². The first-order valence-corrected chi connectivity index (χ1v) is 5.54. The molecule has 0 radical (unpaired) electrons. The van der Waals surface area contributed by atoms with Gasteiger partial charge in [0.05, 0.1) is 12.2 Å². The summed E-state index contributed by atoms with van der Waals surface area (Å²) in [5, 5.41) is 8.95. The standard InChI is InChI=1S/C13H17NO3/c1-4-11-7-10(13(15)16)8-12(14-11)17-6-5-9(2)3/h7-8H,2,4-6H2,1,3H3,(H,15,16). The molecule has 0 aliphatic carbocycles. The van der Waals surface area contributed by atoms with Crippen LogP contribution in [-0.4, -0.2) is 22.7 Å². The van der Waals surface area contributed by atoms with E-state index in [2.05, 4.69) is 11.6 Å². The SMILES string of the molecule is C=C(C)CCOc1cc(C(=O)O)cc(CC)n1. The van der Waals surface area contributed by atoms with E-state index >= 15 is 0 Å². The Balaban J connectivity index is 2.80. The Labute approximate surface area is 101 Å². The van der Waals surface area contributed by atoms with E-state index in [1.807, 2.05) is 13.8 Å². The predicted octanol–water partition coefficient (Wildman–Crippen LogP) is 2.69. The summed E-state index contributed by atoms with van der Waals surface area (Å²) in [5.41, 5.74) is 1.95. The van der Waals surface area contributed by atoms with Gasteiger partial charge in [-0.2, -0.15) is 0 Å². The van der Waals surface area contributed by atoms with Crippen LogP contribution in [0, 0.1) is 0 Å². The first-order valence-electron chi connectivity index (χ1n) is 5.54. The normalized spacial score (nSPS) is 10.0. The van der Waals surface area contributed by atoms with Gasteiger partial charge in [-0.1, -0.05) is 12.5 Å². The van der Waals surface area contributed by atoms with E-state index in [9.17, 15) is 4.79 Å². The topological polar surface area (TPSA) is 59.4 Å². The smallest absolute Gasteiger partial charge is 0.335 e. The molecular formula is C13H17NO3. The molecular weight excluding hydrogens is 218 g/mol. The Morgan fingerprint density at radius 3 is 2.76 bits per heavy atom. The lowest BCUT2D eigenvalue weighted by atomic mass is 10.2. The van der Waals surface area contributed by atoms with Gasteiger partial charge in [0.25, 0.3) is 0 Å². The van der Waals surface area contributed by atoms with Crippen molar-refractivity contribution >= 4 is 5.97 Å². The van der Waals surface area contributed by atoms with Gasteiger partial charge in [0.1, 0.15) is 0 Å². The summed E-state index contributed by atoms with van der Waals surface area (Å²) in [6.07, 6.45) is 1.42. The number of pyridine rings is 1. The molecule has 0 spiro atoms. The molecule has 1 aromatic rings. The molecule has 1 aromatic heterocycles. The maximum atomic E-state index is 10.9. The molecule has 0 aliphatic heterocycles. The van der Waals surface area contributed by atoms with E-state index in [0.717, 1.165) is 17.7 Å². The monoisotopic (exact) mass is 235 g/mol. The summed E-state index contributed by atoms with van der Waals surface area (Å²) in [5.74, 6) is -0.602. The van der Waals surface area contributed by atoms with Crippen molar-refractivity contribution in [2.45, 2.75) is 26.7 Å². The third-order valence-electron chi connectivity index (χ3n) is 2.24. The minimum Gasteiger partial charge on any atom is -0.478 e. The summed E-state index contributed by atoms with van der Waals surface area (Å²) in [6.45, 7) is 8.08. The number of nitrogens with zero attached hydrogens (tertiary/aromatic N) is 1. The predicted molar refractivity (Wildman–Crippen MR) is 65.5 cm³/mol. The molecule has 0 fully saturated rings. The molecule has 0 atom stereocenters. The molecule has 1 rings (SSSR count). The first kappa shape index (κ1) is 13.2. The van der Waals surface area contributed by atoms with Gasteiger partial charge in [-0.25, -0.2) is 9.78 Å². The van der Waals surface area contributed by atoms with Crippen molar-refractivity contribution in [2.75, 3.05) is 6.61 Å². The van der Waals surface area contributed by atoms with Crippen molar-refractivity contribution < 1.29 is 14.6 Å². The number of aromatic nitrogens is 1. The van der Waals surface area contributed by atoms with Crippen LogP contribution in [-0.2, 0) is 6.42 Å². The van der Waals surface area contributed by atoms with Gasteiger partial charge in [0.15, 0.2) is 0 Å². The van der Waals surface area contributed by atoms with Crippen LogP contribution in [0.1, 0.15) is 36.3 Å². The van der Waals surface area contributed by atoms with Crippen molar-refractivity contribution in [3.05, 3.63) is 35.5 Å². The maximum absolute atomic E-state index is 10.9. The number of hydrogen-bond donors (Lipinski definition) is 1. The molecule has 0 bridgehead atoms. The molecule has 1 heterocycles. The first-order chi connectivity index (χ1) is 8.02. The minimum atomic E-state index is -0.966.